The third-order valence-corrected chi connectivity index (χ3v) is 7.00. The summed E-state index contributed by atoms with van der Waals surface area (Å²) in [6.07, 6.45) is 0. The van der Waals surface area contributed by atoms with Crippen molar-refractivity contribution in [3.63, 3.8) is 0 Å². The van der Waals surface area contributed by atoms with Crippen LogP contribution < -0.4 is 22.1 Å². The zero-order valence-corrected chi connectivity index (χ0v) is 28.2. The van der Waals surface area contributed by atoms with Crippen LogP contribution in [0.4, 0.5) is 22.7 Å². The van der Waals surface area contributed by atoms with Gasteiger partial charge in [0.05, 0.1) is 25.4 Å². The van der Waals surface area contributed by atoms with Crippen LogP contribution in [0.25, 0.3) is 0 Å². The molecule has 1 aliphatic heterocycles. The molecule has 0 unspecified atom stereocenters. The van der Waals surface area contributed by atoms with Crippen LogP contribution in [0.2, 0.25) is 0 Å². The van der Waals surface area contributed by atoms with E-state index in [1.165, 1.54) is 5.56 Å². The summed E-state index contributed by atoms with van der Waals surface area (Å²) >= 11 is 5.35. The van der Waals surface area contributed by atoms with Gasteiger partial charge in [0.15, 0.2) is 0 Å². The molecule has 0 atom stereocenters. The maximum Gasteiger partial charge on any atom is 0.337 e. The second kappa shape index (κ2) is 19.7. The van der Waals surface area contributed by atoms with E-state index >= 15 is 0 Å². The Hall–Kier alpha value is -4.94. The van der Waals surface area contributed by atoms with Crippen molar-refractivity contribution in [2.24, 2.45) is 0 Å². The molecule has 2 amide bonds. The number of aliphatic hydroxyl groups is 2. The average molecular weight is 679 g/mol. The molecule has 5 rings (SSSR count). The van der Waals surface area contributed by atoms with E-state index in [0.717, 1.165) is 33.5 Å². The van der Waals surface area contributed by atoms with Gasteiger partial charge in [-0.15, -0.1) is 11.6 Å². The fraction of sp³-hybridized carbons (Fsp3) is 0.250. The van der Waals surface area contributed by atoms with E-state index in [1.54, 1.807) is 30.3 Å². The normalized spacial score (nSPS) is 11.4. The number of carboxylic acids is 1. The molecule has 0 fully saturated rings. The van der Waals surface area contributed by atoms with Crippen LogP contribution >= 0.6 is 11.6 Å². The highest BCUT2D eigenvalue weighted by molar-refractivity contribution is 6.29. The van der Waals surface area contributed by atoms with Gasteiger partial charge < -0.3 is 42.2 Å². The van der Waals surface area contributed by atoms with E-state index in [4.69, 9.17) is 43.1 Å². The Kier molecular flexibility index (Phi) is 16.1. The molecule has 0 saturated heterocycles. The second-order valence-corrected chi connectivity index (χ2v) is 11.2. The number of aromatic carboxylic acids is 1. The minimum atomic E-state index is -0.980. The van der Waals surface area contributed by atoms with Crippen molar-refractivity contribution in [1.29, 1.82) is 0 Å². The smallest absolute Gasteiger partial charge is 0.337 e. The van der Waals surface area contributed by atoms with Gasteiger partial charge in [-0.05, 0) is 58.0 Å². The molecule has 48 heavy (non-hydrogen) atoms. The van der Waals surface area contributed by atoms with Crippen LogP contribution in [0.15, 0.2) is 72.8 Å². The number of nitrogens with one attached hydrogen (secondary N) is 2. The van der Waals surface area contributed by atoms with Crippen LogP contribution in [0, 0.1) is 27.7 Å². The molecule has 4 aromatic carbocycles. The van der Waals surface area contributed by atoms with Crippen LogP contribution in [0.1, 0.15) is 49.3 Å². The molecule has 0 bridgehead atoms. The van der Waals surface area contributed by atoms with E-state index in [1.807, 2.05) is 70.2 Å². The molecule has 0 spiro atoms. The summed E-state index contributed by atoms with van der Waals surface area (Å²) in [7, 11) is 0. The van der Waals surface area contributed by atoms with Gasteiger partial charge in [-0.3, -0.25) is 9.59 Å². The van der Waals surface area contributed by atoms with Crippen molar-refractivity contribution in [2.75, 3.05) is 34.6 Å². The summed E-state index contributed by atoms with van der Waals surface area (Å²) in [6, 6.07) is 21.9. The first-order chi connectivity index (χ1) is 22.8. The molecule has 11 nitrogen and oxygen atoms in total. The third-order valence-electron chi connectivity index (χ3n) is 6.76. The number of aryl methyl sites for hydroxylation is 4. The highest BCUT2D eigenvalue weighted by Gasteiger charge is 2.12. The van der Waals surface area contributed by atoms with E-state index in [0.29, 0.717) is 29.2 Å². The Labute approximate surface area is 285 Å². The minimum absolute atomic E-state index is 0.0213. The molecule has 256 valence electrons. The molecule has 1 aliphatic rings. The number of ether oxygens (including phenoxy) is 1. The van der Waals surface area contributed by atoms with Crippen molar-refractivity contribution in [3.05, 3.63) is 117 Å². The topological polar surface area (TPSA) is 197 Å². The number of fused-ring (bicyclic) bond motifs is 1. The Morgan fingerprint density at radius 3 is 1.90 bits per heavy atom. The fourth-order valence-corrected chi connectivity index (χ4v) is 4.36. The molecular weight excluding hydrogens is 636 g/mol. The van der Waals surface area contributed by atoms with Crippen molar-refractivity contribution in [2.45, 2.75) is 47.5 Å². The SMILES string of the molecule is Cc1ccc(N)c(C(=O)O)c1.Cc1ccc(N)c(CO)c1.Cc1ccc(NC(=O)CCl)c(CO)c1.Cc1ccc2c(c1)COCC(=O)N2. The Balaban J connectivity index is 0.000000224. The minimum Gasteiger partial charge on any atom is -0.478 e. The fourth-order valence-electron chi connectivity index (χ4n) is 4.29. The number of nitrogens with two attached hydrogens (primary N) is 2. The lowest BCUT2D eigenvalue weighted by molar-refractivity contribution is -0.120. The summed E-state index contributed by atoms with van der Waals surface area (Å²) in [6.45, 7) is 8.32. The number of alkyl halides is 1. The van der Waals surface area contributed by atoms with E-state index in [2.05, 4.69) is 10.6 Å². The highest BCUT2D eigenvalue weighted by Crippen LogP contribution is 2.20. The first-order valence-corrected chi connectivity index (χ1v) is 15.4. The lowest BCUT2D eigenvalue weighted by Crippen LogP contribution is -2.14. The maximum atomic E-state index is 11.1. The first kappa shape index (κ1) is 39.2. The Bertz CT molecular complexity index is 1710. The van der Waals surface area contributed by atoms with E-state index < -0.39 is 5.97 Å². The number of carboxylic acid groups (broad SMARTS) is 1. The Morgan fingerprint density at radius 1 is 0.792 bits per heavy atom. The van der Waals surface area contributed by atoms with Crippen molar-refractivity contribution >= 4 is 52.1 Å². The molecular formula is C36H43ClN4O7. The zero-order chi connectivity index (χ0) is 35.8. The molecule has 1 heterocycles. The second-order valence-electron chi connectivity index (χ2n) is 11.0. The predicted molar refractivity (Wildman–Crippen MR) is 190 cm³/mol. The number of rotatable bonds is 5. The number of halogens is 1. The summed E-state index contributed by atoms with van der Waals surface area (Å²) in [4.78, 5) is 32.6. The van der Waals surface area contributed by atoms with E-state index in [9.17, 15) is 14.4 Å². The molecule has 9 N–H and O–H groups in total. The number of nitrogen functional groups attached to an aromatic ring is 2. The quantitative estimate of drug-likeness (QED) is 0.106. The summed E-state index contributed by atoms with van der Waals surface area (Å²) in [5, 5.41) is 31.8. The molecule has 0 saturated carbocycles. The maximum absolute atomic E-state index is 11.1. The van der Waals surface area contributed by atoms with E-state index in [-0.39, 0.29) is 43.1 Å². The lowest BCUT2D eigenvalue weighted by atomic mass is 10.1. The predicted octanol–water partition coefficient (Wildman–Crippen LogP) is 5.47. The van der Waals surface area contributed by atoms with Crippen molar-refractivity contribution in [3.8, 4) is 0 Å². The molecule has 0 aliphatic carbocycles. The van der Waals surface area contributed by atoms with Gasteiger partial charge in [-0.25, -0.2) is 4.79 Å². The van der Waals surface area contributed by atoms with Crippen molar-refractivity contribution < 1.29 is 34.4 Å². The largest absolute Gasteiger partial charge is 0.478 e. The molecule has 4 aromatic rings. The van der Waals surface area contributed by atoms with Gasteiger partial charge in [0.25, 0.3) is 0 Å². The lowest BCUT2D eigenvalue weighted by Gasteiger charge is -2.08. The number of amides is 2. The molecule has 12 heteroatoms. The highest BCUT2D eigenvalue weighted by atomic mass is 35.5. The number of carbonyl (C=O) groups excluding carboxylic acids is 2. The number of anilines is 4. The van der Waals surface area contributed by atoms with Crippen LogP contribution in [0.5, 0.6) is 0 Å². The number of hydrogen-bond donors (Lipinski definition) is 7. The van der Waals surface area contributed by atoms with Gasteiger partial charge in [-0.1, -0.05) is 64.7 Å². The first-order valence-electron chi connectivity index (χ1n) is 14.9. The van der Waals surface area contributed by atoms with Crippen LogP contribution in [-0.4, -0.2) is 45.6 Å². The summed E-state index contributed by atoms with van der Waals surface area (Å²) < 4.78 is 5.18. The standard InChI is InChI=1S/C10H12ClNO2.C10H11NO2.C8H9NO2.C8H11NO/c1-7-2-3-9(8(4-7)6-13)12-10(14)5-11;1-7-2-3-9-8(4-7)5-13-6-10(12)11-9;1-5-2-3-7(9)6(4-5)8(10)11;1-6-2-3-8(9)7(4-6)5-10/h2-4,13H,5-6H2,1H3,(H,12,14);2-4H,5-6H2,1H3,(H,11,12);2-4H,9H2,1H3,(H,10,11);2-4,10H,5,9H2,1H3. The monoisotopic (exact) mass is 678 g/mol. The van der Waals surface area contributed by atoms with Gasteiger partial charge in [0, 0.05) is 39.4 Å². The number of benzene rings is 4. The molecule has 0 aromatic heterocycles. The van der Waals surface area contributed by atoms with Crippen LogP contribution in [-0.2, 0) is 34.1 Å². The summed E-state index contributed by atoms with van der Waals surface area (Å²) in [5.74, 6) is -1.42. The number of carbonyl (C=O) groups is 3. The zero-order valence-electron chi connectivity index (χ0n) is 27.5. The number of aliphatic hydroxyl groups excluding tert-OH is 2. The summed E-state index contributed by atoms with van der Waals surface area (Å²) in [5.41, 5.74) is 20.4. The average Bonchev–Trinajstić information content (AvgIpc) is 3.24. The van der Waals surface area contributed by atoms with Gasteiger partial charge in [0.2, 0.25) is 11.8 Å². The number of hydrogen-bond acceptors (Lipinski definition) is 8. The van der Waals surface area contributed by atoms with Crippen molar-refractivity contribution in [1.82, 2.24) is 0 Å². The Morgan fingerprint density at radius 2 is 1.33 bits per heavy atom. The molecule has 0 radical (unpaired) electrons. The van der Waals surface area contributed by atoms with Crippen LogP contribution in [0.3, 0.4) is 0 Å². The van der Waals surface area contributed by atoms with Gasteiger partial charge >= 0.3 is 5.97 Å². The van der Waals surface area contributed by atoms with Gasteiger partial charge in [0.1, 0.15) is 12.5 Å². The van der Waals surface area contributed by atoms with Gasteiger partial charge in [-0.2, -0.15) is 0 Å². The third kappa shape index (κ3) is 13.0.